The van der Waals surface area contributed by atoms with Crippen molar-refractivity contribution in [3.05, 3.63) is 53.5 Å². The number of carbonyl (C=O) groups excluding carboxylic acids is 1. The number of anilines is 2. The van der Waals surface area contributed by atoms with Crippen LogP contribution in [0.2, 0.25) is 0 Å². The van der Waals surface area contributed by atoms with Crippen molar-refractivity contribution in [1.29, 1.82) is 0 Å². The van der Waals surface area contributed by atoms with Gasteiger partial charge in [-0.3, -0.25) is 14.8 Å². The van der Waals surface area contributed by atoms with Crippen molar-refractivity contribution >= 4 is 17.4 Å². The second-order valence-electron chi connectivity index (χ2n) is 6.65. The standard InChI is InChI=1S/C19H19F2N7O2/c1-2-22-14(29)9-28-8-10(6-24-28)25-18-16-13(7-23-19(16)30)26-17(27-18)15-11(20)4-3-5-12(15)21/h3-6,8,14,22,29H,2,7,9H2,1H3,(H,23,30)(H,25,26,27). The maximum Gasteiger partial charge on any atom is 0.257 e. The monoisotopic (exact) mass is 415 g/mol. The number of halogens is 2. The molecule has 1 amide bonds. The fourth-order valence-electron chi connectivity index (χ4n) is 3.18. The molecule has 0 saturated heterocycles. The number of hydrogen-bond donors (Lipinski definition) is 4. The van der Waals surface area contributed by atoms with Crippen molar-refractivity contribution in [2.75, 3.05) is 11.9 Å². The van der Waals surface area contributed by atoms with Crippen LogP contribution in [0.4, 0.5) is 20.3 Å². The maximum absolute atomic E-state index is 14.2. The number of aliphatic hydroxyl groups is 1. The summed E-state index contributed by atoms with van der Waals surface area (Å²) >= 11 is 0. The molecule has 11 heteroatoms. The molecule has 0 aliphatic carbocycles. The lowest BCUT2D eigenvalue weighted by molar-refractivity contribution is 0.0966. The summed E-state index contributed by atoms with van der Waals surface area (Å²) in [4.78, 5) is 20.6. The molecule has 1 aromatic carbocycles. The van der Waals surface area contributed by atoms with Gasteiger partial charge < -0.3 is 15.7 Å². The van der Waals surface area contributed by atoms with Crippen LogP contribution in [-0.4, -0.2) is 43.5 Å². The van der Waals surface area contributed by atoms with Gasteiger partial charge in [0, 0.05) is 6.20 Å². The molecular formula is C19H19F2N7O2. The largest absolute Gasteiger partial charge is 0.377 e. The Morgan fingerprint density at radius 1 is 1.27 bits per heavy atom. The predicted molar refractivity (Wildman–Crippen MR) is 104 cm³/mol. The molecule has 0 spiro atoms. The zero-order valence-corrected chi connectivity index (χ0v) is 16.0. The van der Waals surface area contributed by atoms with Gasteiger partial charge >= 0.3 is 0 Å². The Balaban J connectivity index is 1.69. The van der Waals surface area contributed by atoms with E-state index in [0.29, 0.717) is 17.9 Å². The second-order valence-corrected chi connectivity index (χ2v) is 6.65. The summed E-state index contributed by atoms with van der Waals surface area (Å²) in [6, 6.07) is 3.48. The van der Waals surface area contributed by atoms with Crippen LogP contribution in [0.1, 0.15) is 23.0 Å². The van der Waals surface area contributed by atoms with E-state index in [1.54, 1.807) is 6.20 Å². The first-order valence-corrected chi connectivity index (χ1v) is 9.30. The number of hydrogen-bond acceptors (Lipinski definition) is 7. The Morgan fingerprint density at radius 2 is 2.03 bits per heavy atom. The lowest BCUT2D eigenvalue weighted by Gasteiger charge is -2.11. The van der Waals surface area contributed by atoms with Crippen molar-refractivity contribution in [3.8, 4) is 11.4 Å². The molecule has 3 aromatic rings. The molecule has 4 rings (SSSR count). The number of aromatic nitrogens is 4. The molecule has 2 aromatic heterocycles. The van der Waals surface area contributed by atoms with E-state index in [-0.39, 0.29) is 41.8 Å². The highest BCUT2D eigenvalue weighted by Gasteiger charge is 2.28. The summed E-state index contributed by atoms with van der Waals surface area (Å²) in [5.74, 6) is -2.05. The van der Waals surface area contributed by atoms with E-state index in [1.165, 1.54) is 16.9 Å². The Morgan fingerprint density at radius 3 is 2.77 bits per heavy atom. The maximum atomic E-state index is 14.2. The number of fused-ring (bicyclic) bond motifs is 1. The van der Waals surface area contributed by atoms with Gasteiger partial charge in [0.25, 0.3) is 5.91 Å². The highest BCUT2D eigenvalue weighted by Crippen LogP contribution is 2.30. The first-order chi connectivity index (χ1) is 14.5. The lowest BCUT2D eigenvalue weighted by Crippen LogP contribution is -2.32. The summed E-state index contributed by atoms with van der Waals surface area (Å²) in [7, 11) is 0. The highest BCUT2D eigenvalue weighted by molar-refractivity contribution is 6.03. The average Bonchev–Trinajstić information content (AvgIpc) is 3.28. The smallest absolute Gasteiger partial charge is 0.257 e. The van der Waals surface area contributed by atoms with Crippen LogP contribution in [0, 0.1) is 11.6 Å². The quantitative estimate of drug-likeness (QED) is 0.433. The Labute approximate surface area is 170 Å². The van der Waals surface area contributed by atoms with Crippen molar-refractivity contribution < 1.29 is 18.7 Å². The van der Waals surface area contributed by atoms with E-state index in [4.69, 9.17) is 0 Å². The number of nitrogens with one attached hydrogen (secondary N) is 3. The van der Waals surface area contributed by atoms with E-state index in [0.717, 1.165) is 12.1 Å². The Bertz CT molecular complexity index is 1080. The zero-order chi connectivity index (χ0) is 21.3. The van der Waals surface area contributed by atoms with Crippen molar-refractivity contribution in [1.82, 2.24) is 30.4 Å². The molecule has 30 heavy (non-hydrogen) atoms. The minimum Gasteiger partial charge on any atom is -0.377 e. The van der Waals surface area contributed by atoms with Gasteiger partial charge in [0.1, 0.15) is 29.2 Å². The van der Waals surface area contributed by atoms with E-state index in [1.807, 2.05) is 6.92 Å². The third-order valence-corrected chi connectivity index (χ3v) is 4.51. The Kier molecular flexibility index (Phi) is 5.38. The van der Waals surface area contributed by atoms with E-state index >= 15 is 0 Å². The van der Waals surface area contributed by atoms with E-state index < -0.39 is 17.9 Å². The number of aliphatic hydroxyl groups excluding tert-OH is 1. The summed E-state index contributed by atoms with van der Waals surface area (Å²) < 4.78 is 30.0. The lowest BCUT2D eigenvalue weighted by atomic mass is 10.1. The molecule has 0 fully saturated rings. The number of amides is 1. The van der Waals surface area contributed by atoms with Crippen LogP contribution in [0.3, 0.4) is 0 Å². The first-order valence-electron chi connectivity index (χ1n) is 9.30. The molecule has 1 atom stereocenters. The number of benzene rings is 1. The summed E-state index contributed by atoms with van der Waals surface area (Å²) in [6.45, 7) is 2.81. The van der Waals surface area contributed by atoms with Gasteiger partial charge in [-0.05, 0) is 18.7 Å². The zero-order valence-electron chi connectivity index (χ0n) is 16.0. The van der Waals surface area contributed by atoms with E-state index in [2.05, 4.69) is 31.0 Å². The minimum absolute atomic E-state index is 0.111. The molecule has 0 bridgehead atoms. The molecule has 3 heterocycles. The van der Waals surface area contributed by atoms with Crippen molar-refractivity contribution in [2.45, 2.75) is 26.2 Å². The summed E-state index contributed by atoms with van der Waals surface area (Å²) in [5, 5.41) is 22.4. The fraction of sp³-hybridized carbons (Fsp3) is 0.263. The van der Waals surface area contributed by atoms with Crippen LogP contribution < -0.4 is 16.0 Å². The molecule has 4 N–H and O–H groups in total. The molecule has 0 saturated carbocycles. The Hall–Kier alpha value is -3.44. The average molecular weight is 415 g/mol. The number of carbonyl (C=O) groups is 1. The molecule has 9 nitrogen and oxygen atoms in total. The molecule has 1 unspecified atom stereocenters. The minimum atomic E-state index is -0.802. The van der Waals surface area contributed by atoms with E-state index in [9.17, 15) is 18.7 Å². The van der Waals surface area contributed by atoms with Crippen LogP contribution in [0.25, 0.3) is 11.4 Å². The van der Waals surface area contributed by atoms with Crippen molar-refractivity contribution in [3.63, 3.8) is 0 Å². The van der Waals surface area contributed by atoms with Gasteiger partial charge in [0.15, 0.2) is 5.82 Å². The van der Waals surface area contributed by atoms with Crippen LogP contribution in [-0.2, 0) is 13.1 Å². The van der Waals surface area contributed by atoms with Gasteiger partial charge in [0.05, 0.1) is 36.2 Å². The molecule has 1 aliphatic rings. The van der Waals surface area contributed by atoms with Crippen LogP contribution >= 0.6 is 0 Å². The van der Waals surface area contributed by atoms with Gasteiger partial charge in [-0.25, -0.2) is 18.7 Å². The third-order valence-electron chi connectivity index (χ3n) is 4.51. The van der Waals surface area contributed by atoms with Gasteiger partial charge in [0.2, 0.25) is 0 Å². The predicted octanol–water partition coefficient (Wildman–Crippen LogP) is 1.53. The van der Waals surface area contributed by atoms with Crippen LogP contribution in [0.5, 0.6) is 0 Å². The SMILES string of the molecule is CCNC(O)Cn1cc(Nc2nc(-c3c(F)cccc3F)nc3c2C(=O)NC3)cn1. The van der Waals surface area contributed by atoms with Gasteiger partial charge in [-0.15, -0.1) is 0 Å². The second kappa shape index (κ2) is 8.13. The normalized spacial score (nSPS) is 13.8. The summed E-state index contributed by atoms with van der Waals surface area (Å²) in [5.41, 5.74) is 0.660. The number of likely N-dealkylation sites (N-methyl/N-ethyl adjacent to an activating group) is 1. The molecule has 0 radical (unpaired) electrons. The summed E-state index contributed by atoms with van der Waals surface area (Å²) in [6.07, 6.45) is 2.33. The van der Waals surface area contributed by atoms with Gasteiger partial charge in [-0.2, -0.15) is 5.10 Å². The van der Waals surface area contributed by atoms with Crippen LogP contribution in [0.15, 0.2) is 30.6 Å². The molecular weight excluding hydrogens is 396 g/mol. The first kappa shape index (κ1) is 19.9. The van der Waals surface area contributed by atoms with Crippen molar-refractivity contribution in [2.24, 2.45) is 0 Å². The number of nitrogens with zero attached hydrogens (tertiary/aromatic N) is 4. The molecule has 1 aliphatic heterocycles. The molecule has 156 valence electrons. The van der Waals surface area contributed by atoms with Gasteiger partial charge in [-0.1, -0.05) is 13.0 Å². The highest BCUT2D eigenvalue weighted by atomic mass is 19.1. The fourth-order valence-corrected chi connectivity index (χ4v) is 3.18. The third kappa shape index (κ3) is 3.84. The number of rotatable bonds is 7. The topological polar surface area (TPSA) is 117 Å².